The number of phenols is 1. The first-order valence-electron chi connectivity index (χ1n) is 7.59. The van der Waals surface area contributed by atoms with Crippen LogP contribution in [-0.4, -0.2) is 17.0 Å². The van der Waals surface area contributed by atoms with Crippen molar-refractivity contribution in [1.29, 1.82) is 0 Å². The first-order valence-corrected chi connectivity index (χ1v) is 8.38. The average molecular weight is 402 g/mol. The zero-order chi connectivity index (χ0) is 18.0. The van der Waals surface area contributed by atoms with E-state index in [9.17, 15) is 14.7 Å². The van der Waals surface area contributed by atoms with Crippen LogP contribution in [0.15, 0.2) is 64.3 Å². The van der Waals surface area contributed by atoms with Crippen molar-refractivity contribution in [2.24, 2.45) is 0 Å². The Morgan fingerprint density at radius 3 is 2.52 bits per heavy atom. The summed E-state index contributed by atoms with van der Waals surface area (Å²) in [6.07, 6.45) is 0. The van der Waals surface area contributed by atoms with Crippen molar-refractivity contribution in [3.05, 3.63) is 69.8 Å². The second-order valence-corrected chi connectivity index (χ2v) is 6.51. The number of hydrogen-bond acceptors (Lipinski definition) is 3. The maximum absolute atomic E-state index is 12.8. The monoisotopic (exact) mass is 401 g/mol. The van der Waals surface area contributed by atoms with Gasteiger partial charge in [-0.1, -0.05) is 34.1 Å². The van der Waals surface area contributed by atoms with E-state index >= 15 is 0 Å². The van der Waals surface area contributed by atoms with E-state index in [1.165, 1.54) is 6.07 Å². The number of rotatable bonds is 3. The lowest BCUT2D eigenvalue weighted by Crippen LogP contribution is -2.46. The van der Waals surface area contributed by atoms with E-state index in [1.807, 2.05) is 12.1 Å². The number of nitrogens with one attached hydrogen (secondary N) is 3. The third-order valence-corrected chi connectivity index (χ3v) is 4.39. The SMILES string of the molecule is CC1=C(C(=O)Nc2ccc(Br)cc2)C(c2ccccc2O)NC(=O)N1. The number of phenolic OH excluding ortho intramolecular Hbond substituents is 1. The molecule has 0 aliphatic carbocycles. The van der Waals surface area contributed by atoms with E-state index in [-0.39, 0.29) is 11.7 Å². The quantitative estimate of drug-likeness (QED) is 0.634. The minimum Gasteiger partial charge on any atom is -0.508 e. The number of allylic oxidation sites excluding steroid dienone is 1. The Kier molecular flexibility index (Phi) is 4.76. The Bertz CT molecular complexity index is 862. The predicted octanol–water partition coefficient (Wildman–Crippen LogP) is 3.42. The van der Waals surface area contributed by atoms with Crippen LogP contribution in [0.3, 0.4) is 0 Å². The van der Waals surface area contributed by atoms with Crippen molar-refractivity contribution in [2.75, 3.05) is 5.32 Å². The maximum atomic E-state index is 12.8. The van der Waals surface area contributed by atoms with Crippen LogP contribution < -0.4 is 16.0 Å². The van der Waals surface area contributed by atoms with Gasteiger partial charge in [-0.25, -0.2) is 4.79 Å². The number of halogens is 1. The third kappa shape index (κ3) is 3.66. The predicted molar refractivity (Wildman–Crippen MR) is 98.0 cm³/mol. The molecular weight excluding hydrogens is 386 g/mol. The van der Waals surface area contributed by atoms with Crippen LogP contribution in [0.4, 0.5) is 10.5 Å². The van der Waals surface area contributed by atoms with Gasteiger partial charge in [0, 0.05) is 21.4 Å². The highest BCUT2D eigenvalue weighted by molar-refractivity contribution is 9.10. The molecule has 128 valence electrons. The molecule has 0 spiro atoms. The number of urea groups is 1. The van der Waals surface area contributed by atoms with Crippen LogP contribution in [0, 0.1) is 0 Å². The highest BCUT2D eigenvalue weighted by Crippen LogP contribution is 2.32. The van der Waals surface area contributed by atoms with Crippen LogP contribution in [0.1, 0.15) is 18.5 Å². The Morgan fingerprint density at radius 2 is 1.84 bits per heavy atom. The molecule has 2 aromatic rings. The van der Waals surface area contributed by atoms with Crippen molar-refractivity contribution in [1.82, 2.24) is 10.6 Å². The molecule has 4 N–H and O–H groups in total. The summed E-state index contributed by atoms with van der Waals surface area (Å²) < 4.78 is 0.902. The Hall–Kier alpha value is -2.80. The molecule has 3 amide bonds. The molecule has 1 heterocycles. The second kappa shape index (κ2) is 6.98. The van der Waals surface area contributed by atoms with E-state index < -0.39 is 12.1 Å². The van der Waals surface area contributed by atoms with Crippen molar-refractivity contribution in [2.45, 2.75) is 13.0 Å². The molecule has 1 atom stereocenters. The van der Waals surface area contributed by atoms with Gasteiger partial charge >= 0.3 is 6.03 Å². The number of aromatic hydroxyl groups is 1. The van der Waals surface area contributed by atoms with Gasteiger partial charge in [-0.2, -0.15) is 0 Å². The van der Waals surface area contributed by atoms with E-state index in [4.69, 9.17) is 0 Å². The van der Waals surface area contributed by atoms with Crippen LogP contribution >= 0.6 is 15.9 Å². The molecule has 0 aromatic heterocycles. The van der Waals surface area contributed by atoms with Gasteiger partial charge in [0.05, 0.1) is 11.6 Å². The van der Waals surface area contributed by atoms with E-state index in [2.05, 4.69) is 31.9 Å². The zero-order valence-electron chi connectivity index (χ0n) is 13.3. The number of para-hydroxylation sites is 1. The van der Waals surface area contributed by atoms with Gasteiger partial charge in [0.25, 0.3) is 5.91 Å². The third-order valence-electron chi connectivity index (χ3n) is 3.86. The first-order chi connectivity index (χ1) is 12.0. The molecule has 0 bridgehead atoms. The molecule has 25 heavy (non-hydrogen) atoms. The minimum absolute atomic E-state index is 0.0106. The van der Waals surface area contributed by atoms with Crippen molar-refractivity contribution >= 4 is 33.6 Å². The molecule has 1 aliphatic rings. The van der Waals surface area contributed by atoms with Gasteiger partial charge in [-0.15, -0.1) is 0 Å². The number of anilines is 1. The Balaban J connectivity index is 1.96. The molecule has 3 rings (SSSR count). The zero-order valence-corrected chi connectivity index (χ0v) is 14.9. The van der Waals surface area contributed by atoms with E-state index in [0.717, 1.165) is 4.47 Å². The van der Waals surface area contributed by atoms with Gasteiger partial charge in [0.2, 0.25) is 0 Å². The summed E-state index contributed by atoms with van der Waals surface area (Å²) in [4.78, 5) is 24.7. The number of carbonyl (C=O) groups excluding carboxylic acids is 2. The Morgan fingerprint density at radius 1 is 1.16 bits per heavy atom. The number of carbonyl (C=O) groups is 2. The van der Waals surface area contributed by atoms with Crippen molar-refractivity contribution in [3.63, 3.8) is 0 Å². The minimum atomic E-state index is -0.745. The summed E-state index contributed by atoms with van der Waals surface area (Å²) in [7, 11) is 0. The second-order valence-electron chi connectivity index (χ2n) is 5.59. The molecule has 1 unspecified atom stereocenters. The highest BCUT2D eigenvalue weighted by Gasteiger charge is 2.32. The standard InChI is InChI=1S/C18H16BrN3O3/c1-10-15(17(24)21-12-8-6-11(19)7-9-12)16(22-18(25)20-10)13-4-2-3-5-14(13)23/h2-9,16,23H,1H3,(H,21,24)(H2,20,22,25). The molecule has 1 aliphatic heterocycles. The molecule has 0 radical (unpaired) electrons. The van der Waals surface area contributed by atoms with Crippen LogP contribution in [0.5, 0.6) is 5.75 Å². The largest absolute Gasteiger partial charge is 0.508 e. The van der Waals surface area contributed by atoms with E-state index in [1.54, 1.807) is 37.3 Å². The molecule has 2 aromatic carbocycles. The summed E-state index contributed by atoms with van der Waals surface area (Å²) in [5, 5.41) is 18.2. The molecule has 0 fully saturated rings. The lowest BCUT2D eigenvalue weighted by molar-refractivity contribution is -0.113. The molecule has 7 heteroatoms. The van der Waals surface area contributed by atoms with Crippen LogP contribution in [-0.2, 0) is 4.79 Å². The molecular formula is C18H16BrN3O3. The number of hydrogen-bond donors (Lipinski definition) is 4. The lowest BCUT2D eigenvalue weighted by atomic mass is 9.94. The summed E-state index contributed by atoms with van der Waals surface area (Å²) in [5.41, 5.74) is 1.86. The highest BCUT2D eigenvalue weighted by atomic mass is 79.9. The smallest absolute Gasteiger partial charge is 0.319 e. The number of benzene rings is 2. The van der Waals surface area contributed by atoms with E-state index in [0.29, 0.717) is 22.5 Å². The summed E-state index contributed by atoms with van der Waals surface area (Å²) >= 11 is 3.35. The molecule has 6 nitrogen and oxygen atoms in total. The van der Waals surface area contributed by atoms with Crippen LogP contribution in [0.2, 0.25) is 0 Å². The van der Waals surface area contributed by atoms with Crippen molar-refractivity contribution in [3.8, 4) is 5.75 Å². The van der Waals surface area contributed by atoms with Crippen LogP contribution in [0.25, 0.3) is 0 Å². The van der Waals surface area contributed by atoms with Crippen molar-refractivity contribution < 1.29 is 14.7 Å². The number of amides is 3. The Labute approximate surface area is 153 Å². The maximum Gasteiger partial charge on any atom is 0.319 e. The van der Waals surface area contributed by atoms with Gasteiger partial charge in [-0.3, -0.25) is 4.79 Å². The summed E-state index contributed by atoms with van der Waals surface area (Å²) in [5.74, 6) is -0.350. The molecule has 0 saturated carbocycles. The van der Waals surface area contributed by atoms with Gasteiger partial charge in [-0.05, 0) is 37.3 Å². The fourth-order valence-electron chi connectivity index (χ4n) is 2.69. The van der Waals surface area contributed by atoms with Gasteiger partial charge in [0.1, 0.15) is 5.75 Å². The topological polar surface area (TPSA) is 90.5 Å². The average Bonchev–Trinajstić information content (AvgIpc) is 2.56. The normalized spacial score (nSPS) is 16.9. The molecule has 0 saturated heterocycles. The fraction of sp³-hybridized carbons (Fsp3) is 0.111. The van der Waals surface area contributed by atoms with Gasteiger partial charge < -0.3 is 21.1 Å². The lowest BCUT2D eigenvalue weighted by Gasteiger charge is -2.29. The van der Waals surface area contributed by atoms with Gasteiger partial charge in [0.15, 0.2) is 0 Å². The fourth-order valence-corrected chi connectivity index (χ4v) is 2.96. The summed E-state index contributed by atoms with van der Waals surface area (Å²) in [6, 6.07) is 12.6. The summed E-state index contributed by atoms with van der Waals surface area (Å²) in [6.45, 7) is 1.65. The first kappa shape index (κ1) is 17.0.